The molecule has 1 fully saturated rings. The molecule has 0 saturated carbocycles. The van der Waals surface area contributed by atoms with E-state index in [1.54, 1.807) is 0 Å². The van der Waals surface area contributed by atoms with Gasteiger partial charge in [0.2, 0.25) is 6.29 Å². The molecule has 0 aromatic heterocycles. The number of benzene rings is 1. The highest BCUT2D eigenvalue weighted by Gasteiger charge is 2.44. The molecule has 0 amide bonds. The molecule has 2 rings (SSSR count). The summed E-state index contributed by atoms with van der Waals surface area (Å²) in [6.07, 6.45) is -7.30. The first-order valence-electron chi connectivity index (χ1n) is 6.38. The minimum atomic E-state index is -1.61. The summed E-state index contributed by atoms with van der Waals surface area (Å²) in [4.78, 5) is 10.9. The number of rotatable bonds is 4. The topological polar surface area (TPSA) is 157 Å². The Morgan fingerprint density at radius 1 is 1.18 bits per heavy atom. The van der Waals surface area contributed by atoms with E-state index in [4.69, 9.17) is 19.7 Å². The van der Waals surface area contributed by atoms with E-state index in [0.29, 0.717) is 0 Å². The van der Waals surface area contributed by atoms with Crippen LogP contribution in [0.5, 0.6) is 11.5 Å². The Balaban J connectivity index is 2.19. The van der Waals surface area contributed by atoms with Gasteiger partial charge in [0.15, 0.2) is 0 Å². The minimum absolute atomic E-state index is 0.0421. The first-order chi connectivity index (χ1) is 10.3. The van der Waals surface area contributed by atoms with Crippen LogP contribution in [0.25, 0.3) is 0 Å². The van der Waals surface area contributed by atoms with Gasteiger partial charge in [-0.2, -0.15) is 0 Å². The summed E-state index contributed by atoms with van der Waals surface area (Å²) >= 11 is 0. The molecule has 0 unspecified atom stereocenters. The Morgan fingerprint density at radius 2 is 1.86 bits per heavy atom. The third kappa shape index (κ3) is 3.13. The van der Waals surface area contributed by atoms with Crippen LogP contribution in [0, 0.1) is 0 Å². The number of aliphatic hydroxyl groups is 4. The Kier molecular flexibility index (Phi) is 4.84. The summed E-state index contributed by atoms with van der Waals surface area (Å²) < 4.78 is 10.4. The lowest BCUT2D eigenvalue weighted by molar-refractivity contribution is -0.277. The average molecular weight is 316 g/mol. The molecule has 1 aromatic carbocycles. The number of carboxylic acids is 1. The van der Waals surface area contributed by atoms with E-state index in [1.165, 1.54) is 6.07 Å². The van der Waals surface area contributed by atoms with Gasteiger partial charge in [-0.3, -0.25) is 0 Å². The number of hydrogen-bond donors (Lipinski definition) is 6. The fourth-order valence-corrected chi connectivity index (χ4v) is 2.06. The molecule has 0 radical (unpaired) electrons. The van der Waals surface area contributed by atoms with E-state index < -0.39 is 54.6 Å². The summed E-state index contributed by atoms with van der Waals surface area (Å²) in [7, 11) is 0. The van der Waals surface area contributed by atoms with Crippen molar-refractivity contribution >= 4 is 5.97 Å². The lowest BCUT2D eigenvalue weighted by Crippen LogP contribution is -2.60. The molecule has 1 saturated heterocycles. The van der Waals surface area contributed by atoms with Crippen LogP contribution in [0.2, 0.25) is 0 Å². The van der Waals surface area contributed by atoms with Crippen LogP contribution >= 0.6 is 0 Å². The van der Waals surface area contributed by atoms with Gasteiger partial charge in [0.05, 0.1) is 6.61 Å². The van der Waals surface area contributed by atoms with Crippen molar-refractivity contribution in [3.63, 3.8) is 0 Å². The highest BCUT2D eigenvalue weighted by molar-refractivity contribution is 5.91. The smallest absolute Gasteiger partial charge is 0.339 e. The molecule has 122 valence electrons. The lowest BCUT2D eigenvalue weighted by atomic mass is 9.99. The van der Waals surface area contributed by atoms with Crippen molar-refractivity contribution in [2.45, 2.75) is 30.7 Å². The largest absolute Gasteiger partial charge is 0.507 e. The average Bonchev–Trinajstić information content (AvgIpc) is 2.49. The van der Waals surface area contributed by atoms with E-state index in [2.05, 4.69) is 0 Å². The Bertz CT molecular complexity index is 544. The minimum Gasteiger partial charge on any atom is -0.507 e. The van der Waals surface area contributed by atoms with Gasteiger partial charge in [-0.1, -0.05) is 0 Å². The molecule has 1 aliphatic rings. The number of aromatic carboxylic acids is 1. The van der Waals surface area contributed by atoms with E-state index in [0.717, 1.165) is 12.1 Å². The molecule has 6 N–H and O–H groups in total. The van der Waals surface area contributed by atoms with Crippen LogP contribution < -0.4 is 4.74 Å². The summed E-state index contributed by atoms with van der Waals surface area (Å²) in [5.74, 6) is -1.88. The molecule has 9 nitrogen and oxygen atoms in total. The van der Waals surface area contributed by atoms with E-state index in [-0.39, 0.29) is 5.75 Å². The maximum atomic E-state index is 10.9. The van der Waals surface area contributed by atoms with Crippen LogP contribution in [0.1, 0.15) is 10.4 Å². The zero-order chi connectivity index (χ0) is 16.4. The fraction of sp³-hybridized carbons (Fsp3) is 0.462. The van der Waals surface area contributed by atoms with Gasteiger partial charge in [0.25, 0.3) is 0 Å². The van der Waals surface area contributed by atoms with Gasteiger partial charge in [-0.05, 0) is 18.2 Å². The van der Waals surface area contributed by atoms with Gasteiger partial charge >= 0.3 is 5.97 Å². The standard InChI is InChI=1S/C13H16O9/c14-4-8-9(16)10(17)11(18)13(22-8)21-5-1-2-7(15)6(3-5)12(19)20/h1-3,8-11,13-18H,4H2,(H,19,20)/t8-,9-,10+,11-,13+/m1/s1. The zero-order valence-electron chi connectivity index (χ0n) is 11.2. The summed E-state index contributed by atoms with van der Waals surface area (Å²) in [5.41, 5.74) is -0.415. The molecule has 1 heterocycles. The van der Waals surface area contributed by atoms with Crippen molar-refractivity contribution < 1.29 is 44.9 Å². The first kappa shape index (κ1) is 16.5. The predicted octanol–water partition coefficient (Wildman–Crippen LogP) is -1.73. The highest BCUT2D eigenvalue weighted by Crippen LogP contribution is 2.27. The monoisotopic (exact) mass is 316 g/mol. The molecular formula is C13H16O9. The van der Waals surface area contributed by atoms with Gasteiger partial charge in [-0.25, -0.2) is 4.79 Å². The molecule has 9 heteroatoms. The first-order valence-corrected chi connectivity index (χ1v) is 6.38. The number of aromatic hydroxyl groups is 1. The molecule has 1 aliphatic heterocycles. The van der Waals surface area contributed by atoms with Crippen LogP contribution in [-0.2, 0) is 4.74 Å². The molecule has 0 bridgehead atoms. The van der Waals surface area contributed by atoms with Gasteiger partial charge in [0, 0.05) is 0 Å². The summed E-state index contributed by atoms with van der Waals surface area (Å²) in [6, 6.07) is 3.34. The van der Waals surface area contributed by atoms with Crippen LogP contribution in [0.15, 0.2) is 18.2 Å². The van der Waals surface area contributed by atoms with Crippen molar-refractivity contribution in [2.75, 3.05) is 6.61 Å². The summed E-state index contributed by atoms with van der Waals surface area (Å²) in [5, 5.41) is 56.4. The van der Waals surface area contributed by atoms with Crippen molar-refractivity contribution in [1.82, 2.24) is 0 Å². The van der Waals surface area contributed by atoms with Crippen LogP contribution in [0.3, 0.4) is 0 Å². The van der Waals surface area contributed by atoms with E-state index in [1.807, 2.05) is 0 Å². The maximum absolute atomic E-state index is 10.9. The number of aliphatic hydroxyl groups excluding tert-OH is 4. The normalized spacial score (nSPS) is 31.7. The number of ether oxygens (including phenoxy) is 2. The predicted molar refractivity (Wildman–Crippen MR) is 69.5 cm³/mol. The fourth-order valence-electron chi connectivity index (χ4n) is 2.06. The van der Waals surface area contributed by atoms with E-state index in [9.17, 15) is 25.2 Å². The van der Waals surface area contributed by atoms with Gasteiger partial charge in [0.1, 0.15) is 41.5 Å². The third-order valence-corrected chi connectivity index (χ3v) is 3.30. The Hall–Kier alpha value is -1.91. The van der Waals surface area contributed by atoms with E-state index >= 15 is 0 Å². The molecule has 0 aliphatic carbocycles. The maximum Gasteiger partial charge on any atom is 0.339 e. The van der Waals surface area contributed by atoms with Crippen molar-refractivity contribution in [3.8, 4) is 11.5 Å². The van der Waals surface area contributed by atoms with Crippen molar-refractivity contribution in [2.24, 2.45) is 0 Å². The second kappa shape index (κ2) is 6.46. The number of carbonyl (C=O) groups is 1. The number of carboxylic acid groups (broad SMARTS) is 1. The Morgan fingerprint density at radius 3 is 2.45 bits per heavy atom. The lowest BCUT2D eigenvalue weighted by Gasteiger charge is -2.39. The number of hydrogen-bond acceptors (Lipinski definition) is 8. The second-order valence-corrected chi connectivity index (χ2v) is 4.80. The Labute approximate surface area is 124 Å². The van der Waals surface area contributed by atoms with Crippen LogP contribution in [-0.4, -0.2) is 73.9 Å². The SMILES string of the molecule is O=C(O)c1cc(O[C@H]2O[C@H](CO)[C@@H](O)[C@H](O)[C@H]2O)ccc1O. The molecule has 0 spiro atoms. The van der Waals surface area contributed by atoms with Gasteiger partial charge in [-0.15, -0.1) is 0 Å². The molecular weight excluding hydrogens is 300 g/mol. The molecule has 5 atom stereocenters. The highest BCUT2D eigenvalue weighted by atomic mass is 16.7. The quantitative estimate of drug-likeness (QED) is 0.380. The van der Waals surface area contributed by atoms with Crippen LogP contribution in [0.4, 0.5) is 0 Å². The third-order valence-electron chi connectivity index (χ3n) is 3.30. The molecule has 22 heavy (non-hydrogen) atoms. The molecule has 1 aromatic rings. The van der Waals surface area contributed by atoms with Gasteiger partial charge < -0.3 is 40.1 Å². The number of phenols is 1. The summed E-state index contributed by atoms with van der Waals surface area (Å²) in [6.45, 7) is -0.610. The zero-order valence-corrected chi connectivity index (χ0v) is 11.2. The van der Waals surface area contributed by atoms with Crippen molar-refractivity contribution in [3.05, 3.63) is 23.8 Å². The second-order valence-electron chi connectivity index (χ2n) is 4.80. The van der Waals surface area contributed by atoms with Crippen molar-refractivity contribution in [1.29, 1.82) is 0 Å².